The Labute approximate surface area is 110 Å². The summed E-state index contributed by atoms with van der Waals surface area (Å²) in [5.74, 6) is 0. The van der Waals surface area contributed by atoms with Crippen LogP contribution in [0.25, 0.3) is 0 Å². The highest BCUT2D eigenvalue weighted by Gasteiger charge is 2.11. The largest absolute Gasteiger partial charge is 0.379 e. The summed E-state index contributed by atoms with van der Waals surface area (Å²) in [6.07, 6.45) is 0. The molecule has 0 radical (unpaired) electrons. The monoisotopic (exact) mass is 248 g/mol. The van der Waals surface area contributed by atoms with E-state index in [1.54, 1.807) is 0 Å². The molecule has 0 atom stereocenters. The van der Waals surface area contributed by atoms with Gasteiger partial charge < -0.3 is 4.74 Å². The third kappa shape index (κ3) is 4.41. The lowest BCUT2D eigenvalue weighted by Crippen LogP contribution is -2.41. The molecule has 0 N–H and O–H groups in total. The van der Waals surface area contributed by atoms with Gasteiger partial charge in [0.25, 0.3) is 0 Å². The highest BCUT2D eigenvalue weighted by Crippen LogP contribution is 2.05. The van der Waals surface area contributed by atoms with E-state index in [0.717, 1.165) is 52.5 Å². The third-order valence-electron chi connectivity index (χ3n) is 3.53. The second-order valence-electron chi connectivity index (χ2n) is 4.81. The molecule has 0 saturated carbocycles. The van der Waals surface area contributed by atoms with Crippen molar-refractivity contribution in [3.63, 3.8) is 0 Å². The number of likely N-dealkylation sites (N-methyl/N-ethyl adjacent to an activating group) is 1. The second kappa shape index (κ2) is 7.52. The van der Waals surface area contributed by atoms with Gasteiger partial charge in [0.2, 0.25) is 0 Å². The molecule has 1 heterocycles. The van der Waals surface area contributed by atoms with E-state index in [1.807, 2.05) is 0 Å². The maximum atomic E-state index is 5.37. The predicted molar refractivity (Wildman–Crippen MR) is 74.7 cm³/mol. The molecule has 0 amide bonds. The van der Waals surface area contributed by atoms with Crippen molar-refractivity contribution in [2.45, 2.75) is 13.5 Å². The van der Waals surface area contributed by atoms with Crippen LogP contribution in [-0.4, -0.2) is 55.7 Å². The summed E-state index contributed by atoms with van der Waals surface area (Å²) in [5, 5.41) is 0. The van der Waals surface area contributed by atoms with Crippen LogP contribution in [0.5, 0.6) is 0 Å². The topological polar surface area (TPSA) is 15.7 Å². The van der Waals surface area contributed by atoms with E-state index < -0.39 is 0 Å². The van der Waals surface area contributed by atoms with E-state index in [-0.39, 0.29) is 0 Å². The van der Waals surface area contributed by atoms with E-state index in [9.17, 15) is 0 Å². The number of hydrogen-bond donors (Lipinski definition) is 0. The normalized spacial score (nSPS) is 17.2. The Morgan fingerprint density at radius 2 is 1.89 bits per heavy atom. The van der Waals surface area contributed by atoms with Crippen LogP contribution in [0.2, 0.25) is 0 Å². The van der Waals surface area contributed by atoms with Crippen molar-refractivity contribution in [3.05, 3.63) is 35.9 Å². The van der Waals surface area contributed by atoms with Crippen molar-refractivity contribution < 1.29 is 4.74 Å². The molecule has 0 unspecified atom stereocenters. The van der Waals surface area contributed by atoms with Gasteiger partial charge in [0, 0.05) is 32.7 Å². The molecule has 1 aromatic rings. The first-order chi connectivity index (χ1) is 8.88. The maximum absolute atomic E-state index is 5.37. The summed E-state index contributed by atoms with van der Waals surface area (Å²) in [5.41, 5.74) is 1.40. The van der Waals surface area contributed by atoms with E-state index >= 15 is 0 Å². The summed E-state index contributed by atoms with van der Waals surface area (Å²) in [6.45, 7) is 10.7. The molecular formula is C15H24N2O. The Balaban J connectivity index is 1.75. The van der Waals surface area contributed by atoms with Gasteiger partial charge in [-0.15, -0.1) is 0 Å². The minimum absolute atomic E-state index is 0.894. The molecule has 1 aromatic carbocycles. The van der Waals surface area contributed by atoms with Gasteiger partial charge in [-0.1, -0.05) is 37.3 Å². The van der Waals surface area contributed by atoms with Crippen LogP contribution in [0.1, 0.15) is 12.5 Å². The van der Waals surface area contributed by atoms with Crippen LogP contribution in [0.15, 0.2) is 30.3 Å². The van der Waals surface area contributed by atoms with Crippen LogP contribution < -0.4 is 0 Å². The zero-order valence-corrected chi connectivity index (χ0v) is 11.3. The molecule has 1 fully saturated rings. The molecule has 0 aromatic heterocycles. The first kappa shape index (κ1) is 13.5. The number of hydrogen-bond acceptors (Lipinski definition) is 3. The fraction of sp³-hybridized carbons (Fsp3) is 0.600. The minimum Gasteiger partial charge on any atom is -0.379 e. The summed E-state index contributed by atoms with van der Waals surface area (Å²) in [4.78, 5) is 5.00. The Hall–Kier alpha value is -0.900. The van der Waals surface area contributed by atoms with Crippen molar-refractivity contribution in [3.8, 4) is 0 Å². The maximum Gasteiger partial charge on any atom is 0.0594 e. The van der Waals surface area contributed by atoms with Gasteiger partial charge in [0.05, 0.1) is 13.2 Å². The number of benzene rings is 1. The van der Waals surface area contributed by atoms with E-state index in [0.29, 0.717) is 0 Å². The van der Waals surface area contributed by atoms with Gasteiger partial charge >= 0.3 is 0 Å². The molecule has 1 aliphatic rings. The molecule has 100 valence electrons. The summed E-state index contributed by atoms with van der Waals surface area (Å²) >= 11 is 0. The Bertz CT molecular complexity index is 323. The lowest BCUT2D eigenvalue weighted by Gasteiger charge is -2.29. The van der Waals surface area contributed by atoms with E-state index in [2.05, 4.69) is 47.1 Å². The first-order valence-electron chi connectivity index (χ1n) is 6.95. The summed E-state index contributed by atoms with van der Waals surface area (Å²) < 4.78 is 5.37. The summed E-state index contributed by atoms with van der Waals surface area (Å²) in [6, 6.07) is 10.7. The van der Waals surface area contributed by atoms with Crippen LogP contribution in [0, 0.1) is 0 Å². The quantitative estimate of drug-likeness (QED) is 0.764. The zero-order chi connectivity index (χ0) is 12.6. The minimum atomic E-state index is 0.894. The van der Waals surface area contributed by atoms with Crippen LogP contribution >= 0.6 is 0 Å². The zero-order valence-electron chi connectivity index (χ0n) is 11.3. The lowest BCUT2D eigenvalue weighted by molar-refractivity contribution is 0.0332. The van der Waals surface area contributed by atoms with Gasteiger partial charge in [0.1, 0.15) is 0 Å². The first-order valence-corrected chi connectivity index (χ1v) is 6.95. The van der Waals surface area contributed by atoms with E-state index in [4.69, 9.17) is 4.74 Å². The highest BCUT2D eigenvalue weighted by atomic mass is 16.5. The van der Waals surface area contributed by atoms with Crippen LogP contribution in [0.3, 0.4) is 0 Å². The van der Waals surface area contributed by atoms with Crippen molar-refractivity contribution in [1.82, 2.24) is 9.80 Å². The Morgan fingerprint density at radius 3 is 2.56 bits per heavy atom. The fourth-order valence-electron chi connectivity index (χ4n) is 2.30. The molecule has 0 aliphatic carbocycles. The average Bonchev–Trinajstić information content (AvgIpc) is 2.45. The Kier molecular flexibility index (Phi) is 5.65. The highest BCUT2D eigenvalue weighted by molar-refractivity contribution is 5.14. The van der Waals surface area contributed by atoms with Gasteiger partial charge in [-0.05, 0) is 12.1 Å². The molecule has 18 heavy (non-hydrogen) atoms. The van der Waals surface area contributed by atoms with Crippen molar-refractivity contribution in [2.75, 3.05) is 45.9 Å². The van der Waals surface area contributed by atoms with Crippen molar-refractivity contribution in [2.24, 2.45) is 0 Å². The molecule has 1 aliphatic heterocycles. The van der Waals surface area contributed by atoms with E-state index in [1.165, 1.54) is 5.56 Å². The number of rotatable bonds is 6. The molecule has 3 nitrogen and oxygen atoms in total. The van der Waals surface area contributed by atoms with Gasteiger partial charge in [0.15, 0.2) is 0 Å². The predicted octanol–water partition coefficient (Wildman–Crippen LogP) is 1.84. The number of ether oxygens (including phenoxy) is 1. The molecule has 0 spiro atoms. The second-order valence-corrected chi connectivity index (χ2v) is 4.81. The third-order valence-corrected chi connectivity index (χ3v) is 3.53. The van der Waals surface area contributed by atoms with Crippen molar-refractivity contribution in [1.29, 1.82) is 0 Å². The standard InChI is InChI=1S/C15H24N2O/c1-2-16(14-15-6-4-3-5-7-15)8-9-17-10-12-18-13-11-17/h3-7H,2,8-14H2,1H3. The molecule has 2 rings (SSSR count). The molecule has 1 saturated heterocycles. The smallest absolute Gasteiger partial charge is 0.0594 e. The van der Waals surface area contributed by atoms with Gasteiger partial charge in [-0.3, -0.25) is 9.80 Å². The average molecular weight is 248 g/mol. The Morgan fingerprint density at radius 1 is 1.17 bits per heavy atom. The fourth-order valence-corrected chi connectivity index (χ4v) is 2.30. The van der Waals surface area contributed by atoms with Crippen LogP contribution in [0.4, 0.5) is 0 Å². The number of morpholine rings is 1. The van der Waals surface area contributed by atoms with Gasteiger partial charge in [-0.25, -0.2) is 0 Å². The number of nitrogens with zero attached hydrogens (tertiary/aromatic N) is 2. The van der Waals surface area contributed by atoms with Gasteiger partial charge in [-0.2, -0.15) is 0 Å². The molecule has 0 bridgehead atoms. The van der Waals surface area contributed by atoms with Crippen molar-refractivity contribution >= 4 is 0 Å². The lowest BCUT2D eigenvalue weighted by atomic mass is 10.2. The summed E-state index contributed by atoms with van der Waals surface area (Å²) in [7, 11) is 0. The SMILES string of the molecule is CCN(CCN1CCOCC1)Cc1ccccc1. The molecular weight excluding hydrogens is 224 g/mol. The molecule has 3 heteroatoms. The van der Waals surface area contributed by atoms with Crippen LogP contribution in [-0.2, 0) is 11.3 Å².